The summed E-state index contributed by atoms with van der Waals surface area (Å²) in [5.74, 6) is 0.703. The van der Waals surface area contributed by atoms with Gasteiger partial charge in [-0.3, -0.25) is 0 Å². The Labute approximate surface area is 104 Å². The van der Waals surface area contributed by atoms with Crippen LogP contribution in [0.4, 0.5) is 13.2 Å². The molecule has 0 saturated heterocycles. The molecule has 5 heteroatoms. The van der Waals surface area contributed by atoms with Crippen LogP contribution >= 0.6 is 11.8 Å². The van der Waals surface area contributed by atoms with Crippen LogP contribution in [0.2, 0.25) is 0 Å². The second kappa shape index (κ2) is 6.31. The average Bonchev–Trinajstić information content (AvgIpc) is 2.26. The Kier molecular flexibility index (Phi) is 5.33. The number of halogens is 3. The lowest BCUT2D eigenvalue weighted by molar-refractivity contribution is -0.139. The molecule has 0 spiro atoms. The highest BCUT2D eigenvalue weighted by molar-refractivity contribution is 7.99. The molecule has 0 bridgehead atoms. The Hall–Kier alpha value is -0.680. The maximum absolute atomic E-state index is 12.9. The number of rotatable bonds is 5. The van der Waals surface area contributed by atoms with E-state index >= 15 is 0 Å². The summed E-state index contributed by atoms with van der Waals surface area (Å²) < 4.78 is 38.6. The lowest BCUT2D eigenvalue weighted by Crippen LogP contribution is -2.10. The molecule has 17 heavy (non-hydrogen) atoms. The van der Waals surface area contributed by atoms with Gasteiger partial charge in [0, 0.05) is 11.4 Å². The van der Waals surface area contributed by atoms with Gasteiger partial charge < -0.3 is 5.32 Å². The highest BCUT2D eigenvalue weighted by Crippen LogP contribution is 2.37. The molecular weight excluding hydrogens is 247 g/mol. The van der Waals surface area contributed by atoms with Gasteiger partial charge in [-0.1, -0.05) is 13.0 Å². The predicted molar refractivity (Wildman–Crippen MR) is 65.2 cm³/mol. The number of alkyl halides is 3. The van der Waals surface area contributed by atoms with Crippen LogP contribution in [-0.4, -0.2) is 12.8 Å². The normalized spacial score (nSPS) is 11.8. The fourth-order valence-electron chi connectivity index (χ4n) is 1.45. The van der Waals surface area contributed by atoms with Crippen LogP contribution in [-0.2, 0) is 12.7 Å². The van der Waals surface area contributed by atoms with E-state index in [9.17, 15) is 13.2 Å². The van der Waals surface area contributed by atoms with E-state index in [1.54, 1.807) is 19.2 Å². The van der Waals surface area contributed by atoms with Crippen LogP contribution in [0.1, 0.15) is 24.5 Å². The highest BCUT2D eigenvalue weighted by Gasteiger charge is 2.33. The third-order valence-corrected chi connectivity index (χ3v) is 3.47. The number of benzene rings is 1. The van der Waals surface area contributed by atoms with E-state index in [0.717, 1.165) is 6.42 Å². The Morgan fingerprint density at radius 2 is 2.00 bits per heavy atom. The van der Waals surface area contributed by atoms with Gasteiger partial charge in [0.1, 0.15) is 0 Å². The molecule has 0 saturated carbocycles. The first-order chi connectivity index (χ1) is 7.99. The van der Waals surface area contributed by atoms with Crippen molar-refractivity contribution in [1.82, 2.24) is 5.32 Å². The summed E-state index contributed by atoms with van der Waals surface area (Å²) in [4.78, 5) is 0.319. The summed E-state index contributed by atoms with van der Waals surface area (Å²) in [5.41, 5.74) is 0.129. The molecule has 0 radical (unpaired) electrons. The average molecular weight is 263 g/mol. The number of thioether (sulfide) groups is 1. The van der Waals surface area contributed by atoms with E-state index in [2.05, 4.69) is 5.32 Å². The molecule has 1 N–H and O–H groups in total. The fourth-order valence-corrected chi connectivity index (χ4v) is 2.37. The van der Waals surface area contributed by atoms with Gasteiger partial charge in [0.05, 0.1) is 5.56 Å². The summed E-state index contributed by atoms with van der Waals surface area (Å²) in [5, 5.41) is 2.85. The van der Waals surface area contributed by atoms with Crippen LogP contribution in [0.25, 0.3) is 0 Å². The standard InChI is InChI=1S/C12H16F3NS/c1-3-6-17-11-5-4-9(8-16-2)7-10(11)12(13,14)15/h4-5,7,16H,3,6,8H2,1-2H3. The summed E-state index contributed by atoms with van der Waals surface area (Å²) in [6, 6.07) is 4.54. The van der Waals surface area contributed by atoms with Crippen LogP contribution in [0.5, 0.6) is 0 Å². The molecule has 1 aromatic carbocycles. The van der Waals surface area contributed by atoms with Gasteiger partial charge in [-0.15, -0.1) is 11.8 Å². The van der Waals surface area contributed by atoms with Crippen molar-refractivity contribution in [3.05, 3.63) is 29.3 Å². The van der Waals surface area contributed by atoms with Gasteiger partial charge in [0.25, 0.3) is 0 Å². The zero-order chi connectivity index (χ0) is 12.9. The van der Waals surface area contributed by atoms with Gasteiger partial charge in [-0.05, 0) is 36.9 Å². The molecule has 0 amide bonds. The number of hydrogen-bond acceptors (Lipinski definition) is 2. The van der Waals surface area contributed by atoms with Crippen LogP contribution < -0.4 is 5.32 Å². The minimum Gasteiger partial charge on any atom is -0.316 e. The van der Waals surface area contributed by atoms with E-state index in [4.69, 9.17) is 0 Å². The molecule has 0 aromatic heterocycles. The Morgan fingerprint density at radius 1 is 1.29 bits per heavy atom. The minimum atomic E-state index is -4.28. The van der Waals surface area contributed by atoms with Crippen molar-refractivity contribution >= 4 is 11.8 Å². The van der Waals surface area contributed by atoms with E-state index in [0.29, 0.717) is 22.8 Å². The Bertz CT molecular complexity index is 363. The summed E-state index contributed by atoms with van der Waals surface area (Å²) in [7, 11) is 1.72. The molecule has 0 fully saturated rings. The van der Waals surface area contributed by atoms with Crippen molar-refractivity contribution in [2.45, 2.75) is 31.0 Å². The summed E-state index contributed by atoms with van der Waals surface area (Å²) in [6.45, 7) is 2.40. The maximum Gasteiger partial charge on any atom is 0.417 e. The van der Waals surface area contributed by atoms with Crippen LogP contribution in [0.3, 0.4) is 0 Å². The molecule has 1 aromatic rings. The lowest BCUT2D eigenvalue weighted by atomic mass is 10.1. The molecule has 0 aliphatic carbocycles. The zero-order valence-corrected chi connectivity index (χ0v) is 10.7. The first-order valence-corrected chi connectivity index (χ1v) is 6.45. The third-order valence-electron chi connectivity index (χ3n) is 2.19. The van der Waals surface area contributed by atoms with Gasteiger partial charge in [0.2, 0.25) is 0 Å². The van der Waals surface area contributed by atoms with Crippen molar-refractivity contribution in [3.63, 3.8) is 0 Å². The van der Waals surface area contributed by atoms with Crippen molar-refractivity contribution in [2.75, 3.05) is 12.8 Å². The van der Waals surface area contributed by atoms with Crippen molar-refractivity contribution in [1.29, 1.82) is 0 Å². The Balaban J connectivity index is 3.03. The monoisotopic (exact) mass is 263 g/mol. The molecule has 1 rings (SSSR count). The molecule has 0 unspecified atom stereocenters. The maximum atomic E-state index is 12.9. The van der Waals surface area contributed by atoms with Crippen molar-refractivity contribution in [2.24, 2.45) is 0 Å². The SMILES string of the molecule is CCCSc1ccc(CNC)cc1C(F)(F)F. The van der Waals surface area contributed by atoms with E-state index in [1.165, 1.54) is 17.8 Å². The predicted octanol–water partition coefficient (Wildman–Crippen LogP) is 3.93. The third kappa shape index (κ3) is 4.24. The molecule has 1 nitrogen and oxygen atoms in total. The van der Waals surface area contributed by atoms with Gasteiger partial charge in [-0.25, -0.2) is 0 Å². The second-order valence-corrected chi connectivity index (χ2v) is 4.84. The smallest absolute Gasteiger partial charge is 0.316 e. The van der Waals surface area contributed by atoms with Gasteiger partial charge in [-0.2, -0.15) is 13.2 Å². The quantitative estimate of drug-likeness (QED) is 0.808. The highest BCUT2D eigenvalue weighted by atomic mass is 32.2. The second-order valence-electron chi connectivity index (χ2n) is 3.71. The minimum absolute atomic E-state index is 0.319. The molecule has 0 aliphatic rings. The van der Waals surface area contributed by atoms with Crippen molar-refractivity contribution in [3.8, 4) is 0 Å². The lowest BCUT2D eigenvalue weighted by Gasteiger charge is -2.14. The number of hydrogen-bond donors (Lipinski definition) is 1. The molecule has 0 heterocycles. The van der Waals surface area contributed by atoms with E-state index < -0.39 is 11.7 Å². The molecule has 0 atom stereocenters. The molecule has 0 aliphatic heterocycles. The first kappa shape index (κ1) is 14.4. The van der Waals surface area contributed by atoms with Crippen molar-refractivity contribution < 1.29 is 13.2 Å². The van der Waals surface area contributed by atoms with E-state index in [1.807, 2.05) is 6.92 Å². The van der Waals surface area contributed by atoms with Crippen LogP contribution in [0, 0.1) is 0 Å². The number of nitrogens with one attached hydrogen (secondary N) is 1. The van der Waals surface area contributed by atoms with Gasteiger partial charge in [0.15, 0.2) is 0 Å². The first-order valence-electron chi connectivity index (χ1n) is 5.46. The largest absolute Gasteiger partial charge is 0.417 e. The van der Waals surface area contributed by atoms with Crippen LogP contribution in [0.15, 0.2) is 23.1 Å². The summed E-state index contributed by atoms with van der Waals surface area (Å²) in [6.07, 6.45) is -3.42. The van der Waals surface area contributed by atoms with Gasteiger partial charge >= 0.3 is 6.18 Å². The summed E-state index contributed by atoms with van der Waals surface area (Å²) >= 11 is 1.26. The Morgan fingerprint density at radius 3 is 2.53 bits per heavy atom. The van der Waals surface area contributed by atoms with E-state index in [-0.39, 0.29) is 0 Å². The molecular formula is C12H16F3NS. The topological polar surface area (TPSA) is 12.0 Å². The molecule has 96 valence electrons. The fraction of sp³-hybridized carbons (Fsp3) is 0.500. The zero-order valence-electron chi connectivity index (χ0n) is 9.90.